The molecule has 1 aliphatic rings. The summed E-state index contributed by atoms with van der Waals surface area (Å²) in [5.74, 6) is 1.20. The van der Waals surface area contributed by atoms with Crippen molar-refractivity contribution in [1.82, 2.24) is 15.3 Å². The van der Waals surface area contributed by atoms with E-state index in [-0.39, 0.29) is 5.91 Å². The topological polar surface area (TPSA) is 76.1 Å². The van der Waals surface area contributed by atoms with Gasteiger partial charge in [0.15, 0.2) is 0 Å². The fraction of sp³-hybridized carbons (Fsp3) is 0.667. The van der Waals surface area contributed by atoms with Crippen LogP contribution in [0.15, 0.2) is 6.07 Å². The van der Waals surface area contributed by atoms with E-state index in [1.807, 2.05) is 6.92 Å². The maximum absolute atomic E-state index is 12.1. The highest BCUT2D eigenvalue weighted by atomic mass is 16.5. The van der Waals surface area contributed by atoms with Gasteiger partial charge in [-0.05, 0) is 26.2 Å². The number of amides is 1. The lowest BCUT2D eigenvalue weighted by Gasteiger charge is -2.13. The number of carbonyl (C=O) groups is 1. The predicted molar refractivity (Wildman–Crippen MR) is 81.5 cm³/mol. The highest BCUT2D eigenvalue weighted by molar-refractivity contribution is 5.92. The van der Waals surface area contributed by atoms with Gasteiger partial charge in [0, 0.05) is 32.4 Å². The monoisotopic (exact) mass is 292 g/mol. The summed E-state index contributed by atoms with van der Waals surface area (Å²) in [6.45, 7) is 3.03. The van der Waals surface area contributed by atoms with E-state index in [1.165, 1.54) is 25.7 Å². The molecular weight excluding hydrogens is 268 g/mol. The molecule has 0 radical (unpaired) electrons. The van der Waals surface area contributed by atoms with Gasteiger partial charge in [-0.25, -0.2) is 9.97 Å². The number of ether oxygens (including phenoxy) is 1. The van der Waals surface area contributed by atoms with Gasteiger partial charge in [-0.15, -0.1) is 0 Å². The summed E-state index contributed by atoms with van der Waals surface area (Å²) in [7, 11) is 1.65. The molecule has 21 heavy (non-hydrogen) atoms. The molecule has 2 rings (SSSR count). The maximum atomic E-state index is 12.1. The molecule has 1 amide bonds. The fourth-order valence-corrected chi connectivity index (χ4v) is 2.55. The molecule has 116 valence electrons. The Labute approximate surface area is 125 Å². The summed E-state index contributed by atoms with van der Waals surface area (Å²) in [5.41, 5.74) is 0.417. The first-order chi connectivity index (χ1) is 10.2. The molecule has 1 aliphatic carbocycles. The third-order valence-electron chi connectivity index (χ3n) is 3.59. The summed E-state index contributed by atoms with van der Waals surface area (Å²) in [5, 5.41) is 6.25. The number of hydrogen-bond donors (Lipinski definition) is 2. The molecule has 2 N–H and O–H groups in total. The van der Waals surface area contributed by atoms with Gasteiger partial charge in [0.05, 0.1) is 0 Å². The summed E-state index contributed by atoms with van der Waals surface area (Å²) in [4.78, 5) is 20.7. The number of methoxy groups -OCH3 is 1. The van der Waals surface area contributed by atoms with Gasteiger partial charge in [0.1, 0.15) is 17.3 Å². The lowest BCUT2D eigenvalue weighted by molar-refractivity contribution is 0.0943. The van der Waals surface area contributed by atoms with Crippen molar-refractivity contribution in [3.8, 4) is 0 Å². The van der Waals surface area contributed by atoms with Crippen molar-refractivity contribution in [3.05, 3.63) is 17.6 Å². The third-order valence-corrected chi connectivity index (χ3v) is 3.59. The first-order valence-corrected chi connectivity index (χ1v) is 7.58. The number of aromatic nitrogens is 2. The first kappa shape index (κ1) is 15.7. The number of hydrogen-bond acceptors (Lipinski definition) is 5. The molecule has 1 aromatic rings. The number of nitrogens with zero attached hydrogens (tertiary/aromatic N) is 2. The van der Waals surface area contributed by atoms with Crippen LogP contribution in [0.25, 0.3) is 0 Å². The molecule has 0 spiro atoms. The number of anilines is 1. The van der Waals surface area contributed by atoms with Crippen molar-refractivity contribution in [2.24, 2.45) is 0 Å². The van der Waals surface area contributed by atoms with E-state index in [4.69, 9.17) is 4.74 Å². The Hall–Kier alpha value is -1.69. The Morgan fingerprint density at radius 2 is 2.14 bits per heavy atom. The maximum Gasteiger partial charge on any atom is 0.270 e. The lowest BCUT2D eigenvalue weighted by Crippen LogP contribution is -2.27. The van der Waals surface area contributed by atoms with Crippen molar-refractivity contribution in [1.29, 1.82) is 0 Å². The zero-order valence-electron chi connectivity index (χ0n) is 12.8. The zero-order valence-corrected chi connectivity index (χ0v) is 12.8. The van der Waals surface area contributed by atoms with Crippen LogP contribution < -0.4 is 10.6 Å². The van der Waals surface area contributed by atoms with E-state index in [2.05, 4.69) is 20.6 Å². The molecule has 1 saturated carbocycles. The van der Waals surface area contributed by atoms with E-state index < -0.39 is 0 Å². The SMILES string of the molecule is COCCCNC(=O)c1cc(NC2CCCC2)nc(C)n1. The number of rotatable bonds is 7. The van der Waals surface area contributed by atoms with Crippen LogP contribution >= 0.6 is 0 Å². The first-order valence-electron chi connectivity index (χ1n) is 7.58. The van der Waals surface area contributed by atoms with Crippen molar-refractivity contribution < 1.29 is 9.53 Å². The van der Waals surface area contributed by atoms with E-state index in [0.29, 0.717) is 30.7 Å². The van der Waals surface area contributed by atoms with Gasteiger partial charge in [-0.3, -0.25) is 4.79 Å². The van der Waals surface area contributed by atoms with Gasteiger partial charge in [0.25, 0.3) is 5.91 Å². The average molecular weight is 292 g/mol. The van der Waals surface area contributed by atoms with E-state index in [1.54, 1.807) is 13.2 Å². The smallest absolute Gasteiger partial charge is 0.270 e. The van der Waals surface area contributed by atoms with Gasteiger partial charge >= 0.3 is 0 Å². The van der Waals surface area contributed by atoms with Crippen LogP contribution in [0.5, 0.6) is 0 Å². The Morgan fingerprint density at radius 3 is 2.86 bits per heavy atom. The minimum atomic E-state index is -0.161. The second kappa shape index (κ2) is 7.93. The predicted octanol–water partition coefficient (Wildman–Crippen LogP) is 1.91. The molecule has 6 heteroatoms. The molecule has 0 bridgehead atoms. The van der Waals surface area contributed by atoms with Crippen LogP contribution in [-0.4, -0.2) is 42.2 Å². The van der Waals surface area contributed by atoms with E-state index >= 15 is 0 Å². The molecule has 0 aliphatic heterocycles. The summed E-state index contributed by atoms with van der Waals surface area (Å²) >= 11 is 0. The molecule has 0 atom stereocenters. The van der Waals surface area contributed by atoms with Gasteiger partial charge in [-0.1, -0.05) is 12.8 Å². The Kier molecular flexibility index (Phi) is 5.92. The highest BCUT2D eigenvalue weighted by Gasteiger charge is 2.16. The van der Waals surface area contributed by atoms with Crippen LogP contribution in [0.2, 0.25) is 0 Å². The Morgan fingerprint density at radius 1 is 1.38 bits per heavy atom. The fourth-order valence-electron chi connectivity index (χ4n) is 2.55. The van der Waals surface area contributed by atoms with Crippen LogP contribution in [-0.2, 0) is 4.74 Å². The Balaban J connectivity index is 1.95. The Bertz CT molecular complexity index is 473. The molecule has 1 fully saturated rings. The minimum Gasteiger partial charge on any atom is -0.385 e. The van der Waals surface area contributed by atoms with Gasteiger partial charge in [0.2, 0.25) is 0 Å². The van der Waals surface area contributed by atoms with Crippen LogP contribution in [0, 0.1) is 6.92 Å². The van der Waals surface area contributed by atoms with Crippen molar-refractivity contribution in [2.75, 3.05) is 25.6 Å². The molecule has 6 nitrogen and oxygen atoms in total. The van der Waals surface area contributed by atoms with Gasteiger partial charge in [-0.2, -0.15) is 0 Å². The molecule has 1 heterocycles. The molecule has 0 unspecified atom stereocenters. The van der Waals surface area contributed by atoms with Crippen LogP contribution in [0.3, 0.4) is 0 Å². The van der Waals surface area contributed by atoms with Crippen molar-refractivity contribution in [3.63, 3.8) is 0 Å². The van der Waals surface area contributed by atoms with Crippen molar-refractivity contribution >= 4 is 11.7 Å². The number of carbonyl (C=O) groups excluding carboxylic acids is 1. The molecule has 1 aromatic heterocycles. The van der Waals surface area contributed by atoms with Crippen LogP contribution in [0.4, 0.5) is 5.82 Å². The second-order valence-electron chi connectivity index (χ2n) is 5.41. The lowest BCUT2D eigenvalue weighted by atomic mass is 10.2. The standard InChI is InChI=1S/C15H24N4O2/c1-11-17-13(15(20)16-8-5-9-21-2)10-14(18-11)19-12-6-3-4-7-12/h10,12H,3-9H2,1-2H3,(H,16,20)(H,17,18,19). The average Bonchev–Trinajstić information content (AvgIpc) is 2.95. The number of nitrogens with one attached hydrogen (secondary N) is 2. The zero-order chi connectivity index (χ0) is 15.1. The normalized spacial score (nSPS) is 15.1. The molecule has 0 saturated heterocycles. The molecular formula is C15H24N4O2. The van der Waals surface area contributed by atoms with Crippen LogP contribution in [0.1, 0.15) is 48.4 Å². The van der Waals surface area contributed by atoms with E-state index in [0.717, 1.165) is 12.2 Å². The third kappa shape index (κ3) is 4.97. The highest BCUT2D eigenvalue weighted by Crippen LogP contribution is 2.21. The quantitative estimate of drug-likeness (QED) is 0.751. The molecule has 0 aromatic carbocycles. The minimum absolute atomic E-state index is 0.161. The second-order valence-corrected chi connectivity index (χ2v) is 5.41. The van der Waals surface area contributed by atoms with Crippen molar-refractivity contribution in [2.45, 2.75) is 45.1 Å². The summed E-state index contributed by atoms with van der Waals surface area (Å²) < 4.78 is 4.96. The summed E-state index contributed by atoms with van der Waals surface area (Å²) in [6.07, 6.45) is 5.64. The summed E-state index contributed by atoms with van der Waals surface area (Å²) in [6, 6.07) is 2.20. The number of aryl methyl sites for hydroxylation is 1. The van der Waals surface area contributed by atoms with E-state index in [9.17, 15) is 4.79 Å². The largest absolute Gasteiger partial charge is 0.385 e. The van der Waals surface area contributed by atoms with Gasteiger partial charge < -0.3 is 15.4 Å².